The minimum Gasteiger partial charge on any atom is -0.480 e. The molecule has 1 heterocycles. The number of thiol groups is 1. The van der Waals surface area contributed by atoms with Crippen LogP contribution in [0.2, 0.25) is 0 Å². The van der Waals surface area contributed by atoms with E-state index in [1.54, 1.807) is 0 Å². The molecule has 17 heteroatoms. The van der Waals surface area contributed by atoms with Crippen LogP contribution in [0.15, 0.2) is 17.5 Å². The molecule has 4 unspecified atom stereocenters. The van der Waals surface area contributed by atoms with Crippen LogP contribution in [0.4, 0.5) is 0 Å². The third-order valence-corrected chi connectivity index (χ3v) is 5.11. The maximum Gasteiger partial charge on any atom is 0.326 e. The summed E-state index contributed by atoms with van der Waals surface area (Å²) in [5.41, 5.74) is 21.7. The van der Waals surface area contributed by atoms with Gasteiger partial charge in [0.25, 0.3) is 0 Å². The molecule has 16 nitrogen and oxygen atoms in total. The monoisotopic (exact) mass is 528 g/mol. The zero-order valence-electron chi connectivity index (χ0n) is 19.3. The van der Waals surface area contributed by atoms with Crippen molar-refractivity contribution in [3.63, 3.8) is 0 Å². The maximum absolute atomic E-state index is 12.9. The summed E-state index contributed by atoms with van der Waals surface area (Å²) in [4.78, 5) is 70.9. The van der Waals surface area contributed by atoms with Crippen molar-refractivity contribution in [1.29, 1.82) is 0 Å². The summed E-state index contributed by atoms with van der Waals surface area (Å²) < 4.78 is 0. The van der Waals surface area contributed by atoms with E-state index >= 15 is 0 Å². The van der Waals surface area contributed by atoms with E-state index in [1.165, 1.54) is 12.5 Å². The van der Waals surface area contributed by atoms with E-state index in [-0.39, 0.29) is 37.5 Å². The highest BCUT2D eigenvalue weighted by Crippen LogP contribution is 2.04. The second-order valence-electron chi connectivity index (χ2n) is 7.71. The van der Waals surface area contributed by atoms with Crippen LogP contribution in [0.5, 0.6) is 0 Å². The normalized spacial score (nSPS) is 13.9. The fourth-order valence-electron chi connectivity index (χ4n) is 2.92. The number of aliphatic carboxylic acids is 1. The van der Waals surface area contributed by atoms with Crippen LogP contribution in [0, 0.1) is 0 Å². The summed E-state index contributed by atoms with van der Waals surface area (Å²) in [6.07, 6.45) is 2.58. The van der Waals surface area contributed by atoms with Crippen molar-refractivity contribution in [3.05, 3.63) is 18.2 Å². The van der Waals surface area contributed by atoms with Crippen molar-refractivity contribution in [2.24, 2.45) is 27.9 Å². The number of amides is 4. The van der Waals surface area contributed by atoms with Gasteiger partial charge in [0.1, 0.15) is 18.1 Å². The lowest BCUT2D eigenvalue weighted by Crippen LogP contribution is -2.58. The minimum absolute atomic E-state index is 0.0517. The number of aromatic amines is 1. The Morgan fingerprint density at radius 3 is 2.17 bits per heavy atom. The van der Waals surface area contributed by atoms with E-state index in [9.17, 15) is 29.1 Å². The maximum atomic E-state index is 12.9. The summed E-state index contributed by atoms with van der Waals surface area (Å²) in [6.45, 7) is 0.152. The highest BCUT2D eigenvalue weighted by atomic mass is 32.1. The Hall–Kier alpha value is -3.86. The molecule has 36 heavy (non-hydrogen) atoms. The number of carboxylic acid groups (broad SMARTS) is 1. The van der Waals surface area contributed by atoms with Gasteiger partial charge in [-0.1, -0.05) is 0 Å². The van der Waals surface area contributed by atoms with Crippen molar-refractivity contribution >= 4 is 48.2 Å². The second-order valence-corrected chi connectivity index (χ2v) is 8.08. The van der Waals surface area contributed by atoms with Crippen LogP contribution in [-0.2, 0) is 30.4 Å². The predicted octanol–water partition coefficient (Wildman–Crippen LogP) is -4.32. The fraction of sp³-hybridized carbons (Fsp3) is 0.526. The first-order valence-electron chi connectivity index (χ1n) is 10.8. The van der Waals surface area contributed by atoms with Gasteiger partial charge < -0.3 is 49.0 Å². The molecular weight excluding hydrogens is 496 g/mol. The standard InChI is InChI=1S/C19H32N10O6S/c20-10(5-14(21)30)15(31)27-11(2-1-3-25-19(22)23)16(32)29-13(7-36)17(33)28-12(18(34)35)4-9-6-24-8-26-9/h6,8,10-13,36H,1-5,7,20H2,(H2,21,30)(H,24,26)(H,27,31)(H,28,33)(H,29,32)(H,34,35)(H4,22,23,25). The van der Waals surface area contributed by atoms with Crippen LogP contribution in [0.3, 0.4) is 0 Å². The number of carbonyl (C=O) groups is 5. The number of nitrogens with one attached hydrogen (secondary N) is 4. The van der Waals surface area contributed by atoms with Gasteiger partial charge in [-0.15, -0.1) is 0 Å². The number of carboxylic acids is 1. The van der Waals surface area contributed by atoms with Gasteiger partial charge in [-0.25, -0.2) is 9.78 Å². The molecule has 0 spiro atoms. The molecule has 0 radical (unpaired) electrons. The van der Waals surface area contributed by atoms with E-state index in [2.05, 4.69) is 43.5 Å². The number of nitrogens with two attached hydrogens (primary N) is 4. The number of aliphatic imine (C=N–C) groups is 1. The molecule has 0 aromatic carbocycles. The Labute approximate surface area is 211 Å². The Kier molecular flexibility index (Phi) is 12.7. The Bertz CT molecular complexity index is 937. The molecule has 0 aliphatic rings. The van der Waals surface area contributed by atoms with Crippen LogP contribution >= 0.6 is 12.6 Å². The summed E-state index contributed by atoms with van der Waals surface area (Å²) in [6, 6.07) is -5.01. The lowest BCUT2D eigenvalue weighted by Gasteiger charge is -2.24. The van der Waals surface area contributed by atoms with Crippen molar-refractivity contribution in [1.82, 2.24) is 25.9 Å². The first kappa shape index (κ1) is 30.2. The molecule has 0 saturated heterocycles. The van der Waals surface area contributed by atoms with Crippen LogP contribution < -0.4 is 38.9 Å². The molecule has 0 aliphatic carbocycles. The molecule has 13 N–H and O–H groups in total. The highest BCUT2D eigenvalue weighted by Gasteiger charge is 2.30. The fourth-order valence-corrected chi connectivity index (χ4v) is 3.17. The molecule has 4 amide bonds. The quantitative estimate of drug-likeness (QED) is 0.0426. The highest BCUT2D eigenvalue weighted by molar-refractivity contribution is 7.80. The number of H-pyrrole nitrogens is 1. The van der Waals surface area contributed by atoms with Crippen molar-refractivity contribution in [3.8, 4) is 0 Å². The SMILES string of the molecule is NC(=O)CC(N)C(=O)NC(CCCN=C(N)N)C(=O)NC(CS)C(=O)NC(Cc1cnc[nH]1)C(=O)O. The van der Waals surface area contributed by atoms with Crippen molar-refractivity contribution in [2.75, 3.05) is 12.3 Å². The molecule has 0 bridgehead atoms. The number of primary amides is 1. The van der Waals surface area contributed by atoms with Crippen LogP contribution in [-0.4, -0.2) is 87.1 Å². The van der Waals surface area contributed by atoms with Gasteiger partial charge >= 0.3 is 5.97 Å². The van der Waals surface area contributed by atoms with Crippen molar-refractivity contribution in [2.45, 2.75) is 49.9 Å². The number of carbonyl (C=O) groups excluding carboxylic acids is 4. The van der Waals surface area contributed by atoms with E-state index < -0.39 is 60.2 Å². The van der Waals surface area contributed by atoms with E-state index in [4.69, 9.17) is 22.9 Å². The molecular formula is C19H32N10O6S. The third-order valence-electron chi connectivity index (χ3n) is 4.75. The minimum atomic E-state index is -1.31. The van der Waals surface area contributed by atoms with Gasteiger partial charge in [-0.2, -0.15) is 12.6 Å². The first-order valence-corrected chi connectivity index (χ1v) is 11.4. The number of nitrogens with zero attached hydrogens (tertiary/aromatic N) is 2. The average molecular weight is 529 g/mol. The molecule has 1 rings (SSSR count). The molecule has 4 atom stereocenters. The van der Waals surface area contributed by atoms with Gasteiger partial charge in [0.2, 0.25) is 23.6 Å². The molecule has 0 aliphatic heterocycles. The van der Waals surface area contributed by atoms with E-state index in [0.717, 1.165) is 0 Å². The summed E-state index contributed by atoms with van der Waals surface area (Å²) in [5.74, 6) is -4.82. The number of hydrogen-bond acceptors (Lipinski definition) is 9. The van der Waals surface area contributed by atoms with Gasteiger partial charge in [0.05, 0.1) is 18.8 Å². The zero-order valence-corrected chi connectivity index (χ0v) is 20.2. The van der Waals surface area contributed by atoms with Crippen molar-refractivity contribution < 1.29 is 29.1 Å². The van der Waals surface area contributed by atoms with E-state index in [1.807, 2.05) is 0 Å². The van der Waals surface area contributed by atoms with E-state index in [0.29, 0.717) is 5.69 Å². The number of hydrogen-bond donors (Lipinski definition) is 10. The topological polar surface area (TPSA) is 287 Å². The third kappa shape index (κ3) is 11.0. The second kappa shape index (κ2) is 15.2. The van der Waals surface area contributed by atoms with Crippen LogP contribution in [0.25, 0.3) is 0 Å². The summed E-state index contributed by atoms with van der Waals surface area (Å²) >= 11 is 4.07. The molecule has 1 aromatic rings. The Balaban J connectivity index is 2.89. The predicted molar refractivity (Wildman–Crippen MR) is 131 cm³/mol. The van der Waals surface area contributed by atoms with Gasteiger partial charge in [-0.3, -0.25) is 24.2 Å². The molecule has 0 saturated carbocycles. The largest absolute Gasteiger partial charge is 0.480 e. The summed E-state index contributed by atoms with van der Waals surface area (Å²) in [7, 11) is 0. The Morgan fingerprint density at radius 2 is 1.64 bits per heavy atom. The van der Waals surface area contributed by atoms with Crippen LogP contribution in [0.1, 0.15) is 25.0 Å². The number of aromatic nitrogens is 2. The zero-order chi connectivity index (χ0) is 27.3. The first-order chi connectivity index (χ1) is 16.9. The van der Waals surface area contributed by atoms with Gasteiger partial charge in [0.15, 0.2) is 5.96 Å². The number of imidazole rings is 1. The number of guanidine groups is 1. The van der Waals surface area contributed by atoms with Gasteiger partial charge in [-0.05, 0) is 12.8 Å². The smallest absolute Gasteiger partial charge is 0.326 e. The lowest BCUT2D eigenvalue weighted by molar-refractivity contribution is -0.142. The Morgan fingerprint density at radius 1 is 1.03 bits per heavy atom. The lowest BCUT2D eigenvalue weighted by atomic mass is 10.1. The molecule has 200 valence electrons. The summed E-state index contributed by atoms with van der Waals surface area (Å²) in [5, 5.41) is 16.6. The molecule has 1 aromatic heterocycles. The van der Waals surface area contributed by atoms with Gasteiger partial charge in [0, 0.05) is 30.6 Å². The molecule has 0 fully saturated rings. The number of rotatable bonds is 16. The average Bonchev–Trinajstić information content (AvgIpc) is 3.31.